The van der Waals surface area contributed by atoms with Crippen LogP contribution in [0, 0.1) is 5.92 Å². The van der Waals surface area contributed by atoms with E-state index in [1.807, 2.05) is 24.3 Å². The van der Waals surface area contributed by atoms with Gasteiger partial charge in [0.2, 0.25) is 5.95 Å². The number of nitrogens with two attached hydrogens (primary N) is 1. The maximum Gasteiger partial charge on any atom is 0.310 e. The highest BCUT2D eigenvalue weighted by Gasteiger charge is 2.28. The number of aliphatic carboxylic acids is 1. The molecule has 160 valence electrons. The lowest BCUT2D eigenvalue weighted by Crippen LogP contribution is -2.27. The summed E-state index contributed by atoms with van der Waals surface area (Å²) in [5.74, 6) is -1.33. The second-order valence-corrected chi connectivity index (χ2v) is 8.50. The van der Waals surface area contributed by atoms with Gasteiger partial charge in [0.1, 0.15) is 5.69 Å². The zero-order chi connectivity index (χ0) is 22.1. The molecule has 0 radical (unpaired) electrons. The summed E-state index contributed by atoms with van der Waals surface area (Å²) in [4.78, 5) is 35.5. The molecule has 2 aromatic carbocycles. The first-order valence-electron chi connectivity index (χ1n) is 10.5. The van der Waals surface area contributed by atoms with Gasteiger partial charge in [0.25, 0.3) is 5.91 Å². The Kier molecular flexibility index (Phi) is 5.59. The Balaban J connectivity index is 1.72. The molecule has 1 amide bonds. The monoisotopic (exact) mass is 418 g/mol. The van der Waals surface area contributed by atoms with Crippen molar-refractivity contribution in [3.05, 3.63) is 64.8 Å². The molecule has 1 aromatic heterocycles. The van der Waals surface area contributed by atoms with Crippen LogP contribution in [-0.2, 0) is 17.9 Å². The summed E-state index contributed by atoms with van der Waals surface area (Å²) in [7, 11) is 0. The number of hydrogen-bond acceptors (Lipinski definition) is 5. The zero-order valence-corrected chi connectivity index (χ0v) is 17.7. The van der Waals surface area contributed by atoms with E-state index < -0.39 is 11.9 Å². The number of rotatable bonds is 6. The van der Waals surface area contributed by atoms with E-state index in [1.165, 1.54) is 0 Å². The quantitative estimate of drug-likeness (QED) is 0.627. The average Bonchev–Trinajstić information content (AvgIpc) is 3.16. The van der Waals surface area contributed by atoms with E-state index in [4.69, 9.17) is 5.73 Å². The van der Waals surface area contributed by atoms with E-state index in [2.05, 4.69) is 23.8 Å². The predicted molar refractivity (Wildman–Crippen MR) is 118 cm³/mol. The lowest BCUT2D eigenvalue weighted by atomic mass is 9.90. The van der Waals surface area contributed by atoms with Gasteiger partial charge in [-0.05, 0) is 47.6 Å². The molecule has 7 nitrogen and oxygen atoms in total. The van der Waals surface area contributed by atoms with Gasteiger partial charge in [-0.25, -0.2) is 9.97 Å². The molecule has 7 heteroatoms. The fraction of sp³-hybridized carbons (Fsp3) is 0.333. The van der Waals surface area contributed by atoms with Crippen LogP contribution in [0.5, 0.6) is 0 Å². The maximum absolute atomic E-state index is 13.4. The number of carboxylic acids is 1. The Labute approximate surface area is 180 Å². The zero-order valence-electron chi connectivity index (χ0n) is 17.7. The van der Waals surface area contributed by atoms with Crippen LogP contribution in [0.3, 0.4) is 0 Å². The van der Waals surface area contributed by atoms with Crippen LogP contribution in [0.1, 0.15) is 59.8 Å². The lowest BCUT2D eigenvalue weighted by molar-refractivity contribution is -0.139. The van der Waals surface area contributed by atoms with Crippen molar-refractivity contribution in [3.8, 4) is 0 Å². The minimum Gasteiger partial charge on any atom is -0.481 e. The molecule has 2 heterocycles. The summed E-state index contributed by atoms with van der Waals surface area (Å²) >= 11 is 0. The predicted octanol–water partition coefficient (Wildman–Crippen LogP) is 3.97. The van der Waals surface area contributed by atoms with Gasteiger partial charge >= 0.3 is 5.97 Å². The van der Waals surface area contributed by atoms with Gasteiger partial charge < -0.3 is 15.7 Å². The van der Waals surface area contributed by atoms with Crippen LogP contribution in [0.25, 0.3) is 10.9 Å². The minimum atomic E-state index is -0.876. The molecule has 0 aliphatic carbocycles. The van der Waals surface area contributed by atoms with E-state index in [-0.39, 0.29) is 17.5 Å². The number of nitrogens with zero attached hydrogens (tertiary/aromatic N) is 3. The molecule has 4 rings (SSSR count). The standard InChI is InChI=1S/C24H26N4O3/c1-14(2)7-9-18(23(30)31)15-8-10-20-19(11-15)21(27-24(25)26-20)22(29)28-12-16-5-3-4-6-17(16)13-28/h3-6,8,10-11,14,18H,7,9,12-13H2,1-2H3,(H,30,31)(H2,25,26,27). The first-order chi connectivity index (χ1) is 14.8. The fourth-order valence-corrected chi connectivity index (χ4v) is 4.10. The maximum atomic E-state index is 13.4. The van der Waals surface area contributed by atoms with Crippen molar-refractivity contribution >= 4 is 28.7 Å². The van der Waals surface area contributed by atoms with E-state index in [0.717, 1.165) is 17.5 Å². The van der Waals surface area contributed by atoms with Crippen LogP contribution in [0.4, 0.5) is 5.95 Å². The molecule has 3 aromatic rings. The molecule has 3 N–H and O–H groups in total. The molecular formula is C24H26N4O3. The van der Waals surface area contributed by atoms with Gasteiger partial charge in [-0.3, -0.25) is 9.59 Å². The number of carboxylic acid groups (broad SMARTS) is 1. The van der Waals surface area contributed by atoms with Crippen molar-refractivity contribution in [2.45, 2.75) is 45.7 Å². The average molecular weight is 418 g/mol. The van der Waals surface area contributed by atoms with Gasteiger partial charge in [-0.1, -0.05) is 44.2 Å². The number of benzene rings is 2. The Bertz CT molecular complexity index is 1130. The third-order valence-electron chi connectivity index (χ3n) is 5.80. The number of anilines is 1. The van der Waals surface area contributed by atoms with Crippen molar-refractivity contribution in [2.24, 2.45) is 5.92 Å². The second-order valence-electron chi connectivity index (χ2n) is 8.50. The molecule has 0 bridgehead atoms. The summed E-state index contributed by atoms with van der Waals surface area (Å²) in [6.07, 6.45) is 1.32. The van der Waals surface area contributed by atoms with Crippen LogP contribution in [0.15, 0.2) is 42.5 Å². The van der Waals surface area contributed by atoms with E-state index in [0.29, 0.717) is 41.9 Å². The van der Waals surface area contributed by atoms with Crippen LogP contribution in [-0.4, -0.2) is 31.9 Å². The summed E-state index contributed by atoms with van der Waals surface area (Å²) in [6, 6.07) is 13.2. The molecular weight excluding hydrogens is 392 g/mol. The number of hydrogen-bond donors (Lipinski definition) is 2. The Morgan fingerprint density at radius 1 is 1.06 bits per heavy atom. The first kappa shape index (κ1) is 20.8. The fourth-order valence-electron chi connectivity index (χ4n) is 4.10. The third kappa shape index (κ3) is 4.21. The lowest BCUT2D eigenvalue weighted by Gasteiger charge is -2.18. The highest BCUT2D eigenvalue weighted by Crippen LogP contribution is 2.30. The number of fused-ring (bicyclic) bond motifs is 2. The number of nitrogen functional groups attached to an aromatic ring is 1. The number of carbonyl (C=O) groups excluding carboxylic acids is 1. The highest BCUT2D eigenvalue weighted by molar-refractivity contribution is 6.05. The van der Waals surface area contributed by atoms with E-state index in [9.17, 15) is 14.7 Å². The number of amides is 1. The highest BCUT2D eigenvalue weighted by atomic mass is 16.4. The minimum absolute atomic E-state index is 0.0231. The second kappa shape index (κ2) is 8.34. The molecule has 0 fully saturated rings. The molecule has 1 aliphatic heterocycles. The smallest absolute Gasteiger partial charge is 0.310 e. The molecule has 1 aliphatic rings. The number of carbonyl (C=O) groups is 2. The molecule has 0 spiro atoms. The van der Waals surface area contributed by atoms with Crippen molar-refractivity contribution in [3.63, 3.8) is 0 Å². The van der Waals surface area contributed by atoms with Crippen molar-refractivity contribution in [1.82, 2.24) is 14.9 Å². The Morgan fingerprint density at radius 3 is 2.35 bits per heavy atom. The summed E-state index contributed by atoms with van der Waals surface area (Å²) in [5, 5.41) is 10.3. The van der Waals surface area contributed by atoms with Crippen LogP contribution >= 0.6 is 0 Å². The van der Waals surface area contributed by atoms with Crippen molar-refractivity contribution in [2.75, 3.05) is 5.73 Å². The summed E-state index contributed by atoms with van der Waals surface area (Å²) < 4.78 is 0. The van der Waals surface area contributed by atoms with Gasteiger partial charge in [-0.2, -0.15) is 0 Å². The normalized spacial score (nSPS) is 14.1. The van der Waals surface area contributed by atoms with E-state index in [1.54, 1.807) is 23.1 Å². The summed E-state index contributed by atoms with van der Waals surface area (Å²) in [6.45, 7) is 5.15. The molecule has 0 saturated carbocycles. The SMILES string of the molecule is CC(C)CCC(C(=O)O)c1ccc2nc(N)nc(C(=O)N3Cc4ccccc4C3)c2c1. The number of aromatic nitrogens is 2. The molecule has 0 saturated heterocycles. The van der Waals surface area contributed by atoms with Crippen molar-refractivity contribution in [1.29, 1.82) is 0 Å². The molecule has 1 atom stereocenters. The Morgan fingerprint density at radius 2 is 1.74 bits per heavy atom. The van der Waals surface area contributed by atoms with Gasteiger partial charge in [0.05, 0.1) is 11.4 Å². The van der Waals surface area contributed by atoms with Crippen LogP contribution in [0.2, 0.25) is 0 Å². The van der Waals surface area contributed by atoms with Gasteiger partial charge in [0, 0.05) is 18.5 Å². The van der Waals surface area contributed by atoms with Crippen LogP contribution < -0.4 is 5.73 Å². The third-order valence-corrected chi connectivity index (χ3v) is 5.80. The molecule has 31 heavy (non-hydrogen) atoms. The largest absolute Gasteiger partial charge is 0.481 e. The Hall–Kier alpha value is -3.48. The van der Waals surface area contributed by atoms with Gasteiger partial charge in [0.15, 0.2) is 0 Å². The molecule has 1 unspecified atom stereocenters. The van der Waals surface area contributed by atoms with Crippen molar-refractivity contribution < 1.29 is 14.7 Å². The topological polar surface area (TPSA) is 109 Å². The van der Waals surface area contributed by atoms with E-state index >= 15 is 0 Å². The first-order valence-corrected chi connectivity index (χ1v) is 10.5. The summed E-state index contributed by atoms with van der Waals surface area (Å²) in [5.41, 5.74) is 9.50. The van der Waals surface area contributed by atoms with Gasteiger partial charge in [-0.15, -0.1) is 0 Å².